The van der Waals surface area contributed by atoms with Crippen LogP contribution in [-0.4, -0.2) is 14.9 Å². The minimum Gasteiger partial charge on any atom is -0.371 e. The van der Waals surface area contributed by atoms with Crippen LogP contribution in [0.25, 0.3) is 0 Å². The van der Waals surface area contributed by atoms with E-state index in [1.165, 1.54) is 4.68 Å². The molecule has 1 aromatic heterocycles. The number of aliphatic hydroxyl groups excluding tert-OH is 1. The molecule has 0 saturated carbocycles. The minimum atomic E-state index is -0.527. The van der Waals surface area contributed by atoms with E-state index in [9.17, 15) is 5.11 Å². The van der Waals surface area contributed by atoms with Gasteiger partial charge in [0.2, 0.25) is 0 Å². The van der Waals surface area contributed by atoms with Crippen LogP contribution < -0.4 is 0 Å². The molecule has 0 fully saturated rings. The number of nitrogens with zero attached hydrogens (tertiary/aromatic N) is 2. The Labute approximate surface area is 74.2 Å². The third-order valence-corrected chi connectivity index (χ3v) is 1.85. The molecule has 0 aliphatic rings. The van der Waals surface area contributed by atoms with Crippen molar-refractivity contribution in [1.29, 1.82) is 0 Å². The minimum absolute atomic E-state index is 0.182. The molecule has 11 heavy (non-hydrogen) atoms. The Kier molecular flexibility index (Phi) is 2.67. The standard InChI is InChI=1S/C7H11BrN2O/c1-5(2)7(11)10-4-6(8)3-9-10/h3-5,7,11H,1-2H3. The van der Waals surface area contributed by atoms with E-state index in [1.54, 1.807) is 12.4 Å². The van der Waals surface area contributed by atoms with E-state index in [1.807, 2.05) is 13.8 Å². The molecule has 1 unspecified atom stereocenters. The Balaban J connectivity index is 2.76. The summed E-state index contributed by atoms with van der Waals surface area (Å²) < 4.78 is 2.42. The quantitative estimate of drug-likeness (QED) is 0.823. The van der Waals surface area contributed by atoms with E-state index >= 15 is 0 Å². The highest BCUT2D eigenvalue weighted by atomic mass is 79.9. The van der Waals surface area contributed by atoms with E-state index in [0.717, 1.165) is 4.47 Å². The molecule has 3 nitrogen and oxygen atoms in total. The lowest BCUT2D eigenvalue weighted by molar-refractivity contribution is 0.0448. The Morgan fingerprint density at radius 1 is 1.64 bits per heavy atom. The number of rotatable bonds is 2. The third-order valence-electron chi connectivity index (χ3n) is 1.44. The molecule has 0 aliphatic heterocycles. The fourth-order valence-electron chi connectivity index (χ4n) is 0.765. The molecule has 1 aromatic rings. The molecule has 0 aromatic carbocycles. The van der Waals surface area contributed by atoms with Crippen LogP contribution in [0.1, 0.15) is 20.1 Å². The average molecular weight is 219 g/mol. The van der Waals surface area contributed by atoms with Crippen molar-refractivity contribution in [3.63, 3.8) is 0 Å². The van der Waals surface area contributed by atoms with Crippen LogP contribution in [0.4, 0.5) is 0 Å². The smallest absolute Gasteiger partial charge is 0.149 e. The summed E-state index contributed by atoms with van der Waals surface area (Å²) in [5, 5.41) is 13.4. The number of aliphatic hydroxyl groups is 1. The van der Waals surface area contributed by atoms with Gasteiger partial charge in [0.15, 0.2) is 0 Å². The molecular formula is C7H11BrN2O. The summed E-state index contributed by atoms with van der Waals surface area (Å²) >= 11 is 3.26. The Morgan fingerprint density at radius 2 is 2.27 bits per heavy atom. The molecule has 1 heterocycles. The zero-order chi connectivity index (χ0) is 8.43. The molecule has 4 heteroatoms. The summed E-state index contributed by atoms with van der Waals surface area (Å²) in [5.74, 6) is 0.182. The first-order chi connectivity index (χ1) is 5.11. The van der Waals surface area contributed by atoms with E-state index in [0.29, 0.717) is 0 Å². The first kappa shape index (κ1) is 8.74. The first-order valence-corrected chi connectivity index (χ1v) is 4.28. The monoisotopic (exact) mass is 218 g/mol. The molecule has 1 rings (SSSR count). The lowest BCUT2D eigenvalue weighted by atomic mass is 10.2. The van der Waals surface area contributed by atoms with Crippen molar-refractivity contribution in [3.05, 3.63) is 16.9 Å². The lowest BCUT2D eigenvalue weighted by Crippen LogP contribution is -2.14. The summed E-state index contributed by atoms with van der Waals surface area (Å²) in [4.78, 5) is 0. The summed E-state index contributed by atoms with van der Waals surface area (Å²) in [6.07, 6.45) is 2.89. The van der Waals surface area contributed by atoms with Crippen molar-refractivity contribution < 1.29 is 5.11 Å². The topological polar surface area (TPSA) is 38.0 Å². The second kappa shape index (κ2) is 3.36. The fourth-order valence-corrected chi connectivity index (χ4v) is 1.07. The maximum absolute atomic E-state index is 9.49. The molecular weight excluding hydrogens is 208 g/mol. The lowest BCUT2D eigenvalue weighted by Gasteiger charge is -2.13. The summed E-state index contributed by atoms with van der Waals surface area (Å²) in [5.41, 5.74) is 0. The largest absolute Gasteiger partial charge is 0.371 e. The van der Waals surface area contributed by atoms with E-state index < -0.39 is 6.23 Å². The van der Waals surface area contributed by atoms with Crippen molar-refractivity contribution in [2.24, 2.45) is 5.92 Å². The van der Waals surface area contributed by atoms with Gasteiger partial charge in [-0.1, -0.05) is 13.8 Å². The second-order valence-electron chi connectivity index (χ2n) is 2.80. The Hall–Kier alpha value is -0.350. The number of hydrogen-bond donors (Lipinski definition) is 1. The number of aromatic nitrogens is 2. The fraction of sp³-hybridized carbons (Fsp3) is 0.571. The van der Waals surface area contributed by atoms with Crippen LogP contribution in [0, 0.1) is 5.92 Å². The van der Waals surface area contributed by atoms with Gasteiger partial charge < -0.3 is 5.11 Å². The van der Waals surface area contributed by atoms with Crippen molar-refractivity contribution in [2.75, 3.05) is 0 Å². The highest BCUT2D eigenvalue weighted by molar-refractivity contribution is 9.10. The average Bonchev–Trinajstić information content (AvgIpc) is 2.34. The van der Waals surface area contributed by atoms with Gasteiger partial charge in [-0.2, -0.15) is 5.10 Å². The van der Waals surface area contributed by atoms with Crippen molar-refractivity contribution in [2.45, 2.75) is 20.1 Å². The number of hydrogen-bond acceptors (Lipinski definition) is 2. The van der Waals surface area contributed by atoms with Gasteiger partial charge in [0.05, 0.1) is 10.7 Å². The maximum Gasteiger partial charge on any atom is 0.149 e. The van der Waals surface area contributed by atoms with E-state index in [2.05, 4.69) is 21.0 Å². The normalized spacial score (nSPS) is 13.9. The van der Waals surface area contributed by atoms with E-state index in [4.69, 9.17) is 0 Å². The molecule has 0 bridgehead atoms. The predicted molar refractivity (Wildman–Crippen MR) is 46.0 cm³/mol. The van der Waals surface area contributed by atoms with Gasteiger partial charge in [-0.05, 0) is 21.8 Å². The van der Waals surface area contributed by atoms with Crippen molar-refractivity contribution in [3.8, 4) is 0 Å². The third kappa shape index (κ3) is 2.04. The van der Waals surface area contributed by atoms with Gasteiger partial charge >= 0.3 is 0 Å². The summed E-state index contributed by atoms with van der Waals surface area (Å²) in [7, 11) is 0. The summed E-state index contributed by atoms with van der Waals surface area (Å²) in [6.45, 7) is 3.89. The van der Waals surface area contributed by atoms with Crippen LogP contribution in [-0.2, 0) is 0 Å². The highest BCUT2D eigenvalue weighted by Crippen LogP contribution is 2.15. The number of halogens is 1. The zero-order valence-electron chi connectivity index (χ0n) is 6.53. The maximum atomic E-state index is 9.49. The molecule has 1 atom stereocenters. The predicted octanol–water partition coefficient (Wildman–Crippen LogP) is 1.79. The molecule has 0 spiro atoms. The van der Waals surface area contributed by atoms with Crippen molar-refractivity contribution in [1.82, 2.24) is 9.78 Å². The first-order valence-electron chi connectivity index (χ1n) is 3.49. The Morgan fingerprint density at radius 3 is 2.64 bits per heavy atom. The zero-order valence-corrected chi connectivity index (χ0v) is 8.12. The van der Waals surface area contributed by atoms with Crippen molar-refractivity contribution >= 4 is 15.9 Å². The van der Waals surface area contributed by atoms with Crippen LogP contribution >= 0.6 is 15.9 Å². The molecule has 0 saturated heterocycles. The van der Waals surface area contributed by atoms with Crippen LogP contribution in [0.5, 0.6) is 0 Å². The molecule has 0 radical (unpaired) electrons. The molecule has 1 N–H and O–H groups in total. The summed E-state index contributed by atoms with van der Waals surface area (Å²) in [6, 6.07) is 0. The molecule has 62 valence electrons. The highest BCUT2D eigenvalue weighted by Gasteiger charge is 2.11. The van der Waals surface area contributed by atoms with Gasteiger partial charge in [0, 0.05) is 6.20 Å². The van der Waals surface area contributed by atoms with Gasteiger partial charge in [-0.3, -0.25) is 0 Å². The Bertz CT molecular complexity index is 234. The van der Waals surface area contributed by atoms with Crippen LogP contribution in [0.3, 0.4) is 0 Å². The van der Waals surface area contributed by atoms with Gasteiger partial charge in [0.25, 0.3) is 0 Å². The van der Waals surface area contributed by atoms with Gasteiger partial charge in [-0.15, -0.1) is 0 Å². The van der Waals surface area contributed by atoms with Gasteiger partial charge in [0.1, 0.15) is 6.23 Å². The SMILES string of the molecule is CC(C)C(O)n1cc(Br)cn1. The molecule has 0 amide bonds. The second-order valence-corrected chi connectivity index (χ2v) is 3.71. The van der Waals surface area contributed by atoms with E-state index in [-0.39, 0.29) is 5.92 Å². The molecule has 0 aliphatic carbocycles. The van der Waals surface area contributed by atoms with Gasteiger partial charge in [-0.25, -0.2) is 4.68 Å². The van der Waals surface area contributed by atoms with Crippen LogP contribution in [0.2, 0.25) is 0 Å². The van der Waals surface area contributed by atoms with Crippen LogP contribution in [0.15, 0.2) is 16.9 Å².